The fourth-order valence-corrected chi connectivity index (χ4v) is 2.42. The Balaban J connectivity index is 0.000000396. The van der Waals surface area contributed by atoms with Crippen molar-refractivity contribution in [1.29, 1.82) is 0 Å². The number of alkyl halides is 3. The van der Waals surface area contributed by atoms with Crippen LogP contribution in [0.15, 0.2) is 54.6 Å². The Hall–Kier alpha value is -3.53. The smallest absolute Gasteiger partial charge is 0.481 e. The summed E-state index contributed by atoms with van der Waals surface area (Å²) in [5, 5.41) is 19.8. The van der Waals surface area contributed by atoms with Crippen LogP contribution in [0.5, 0.6) is 5.75 Å². The number of carboxylic acids is 2. The molecule has 1 aromatic heterocycles. The van der Waals surface area contributed by atoms with Crippen molar-refractivity contribution in [3.63, 3.8) is 0 Å². The Morgan fingerprint density at radius 3 is 2.17 bits per heavy atom. The zero-order chi connectivity index (χ0) is 22.3. The van der Waals surface area contributed by atoms with Crippen molar-refractivity contribution < 1.29 is 37.7 Å². The Kier molecular flexibility index (Phi) is 7.43. The zero-order valence-corrected chi connectivity index (χ0v) is 15.7. The van der Waals surface area contributed by atoms with Crippen molar-refractivity contribution >= 4 is 45.9 Å². The molecule has 0 spiro atoms. The number of para-hydroxylation sites is 1. The predicted octanol–water partition coefficient (Wildman–Crippen LogP) is 5.08. The molecule has 3 rings (SSSR count). The molecule has 158 valence electrons. The zero-order valence-electron chi connectivity index (χ0n) is 15.0. The number of hydrogen-bond donors (Lipinski definition) is 3. The average molecular weight is 443 g/mol. The maximum atomic E-state index is 12.1. The Morgan fingerprint density at radius 2 is 1.63 bits per heavy atom. The number of rotatable bonds is 5. The van der Waals surface area contributed by atoms with Gasteiger partial charge >= 0.3 is 18.3 Å². The van der Waals surface area contributed by atoms with E-state index in [4.69, 9.17) is 21.8 Å². The van der Waals surface area contributed by atoms with E-state index in [0.29, 0.717) is 22.0 Å². The van der Waals surface area contributed by atoms with Gasteiger partial charge < -0.3 is 20.3 Å². The summed E-state index contributed by atoms with van der Waals surface area (Å²) in [5.41, 5.74) is 1.23. The topological polar surface area (TPSA) is 109 Å². The Morgan fingerprint density at radius 1 is 1.00 bits per heavy atom. The van der Waals surface area contributed by atoms with E-state index in [1.165, 1.54) is 24.3 Å². The maximum absolute atomic E-state index is 12.1. The van der Waals surface area contributed by atoms with Gasteiger partial charge in [0.1, 0.15) is 18.0 Å². The van der Waals surface area contributed by atoms with Crippen LogP contribution in [-0.2, 0) is 9.59 Å². The van der Waals surface area contributed by atoms with Gasteiger partial charge in [0.2, 0.25) is 0 Å². The summed E-state index contributed by atoms with van der Waals surface area (Å²) in [6, 6.07) is 14.5. The number of fused-ring (bicyclic) bond motifs is 1. The molecule has 3 N–H and O–H groups in total. The van der Waals surface area contributed by atoms with Crippen LogP contribution >= 0.6 is 11.6 Å². The number of aromatic nitrogens is 1. The Bertz CT molecular complexity index is 1030. The van der Waals surface area contributed by atoms with Gasteiger partial charge in [0, 0.05) is 11.1 Å². The van der Waals surface area contributed by atoms with Crippen molar-refractivity contribution in [2.24, 2.45) is 0 Å². The molecule has 0 saturated carbocycles. The van der Waals surface area contributed by atoms with E-state index < -0.39 is 24.7 Å². The SMILES string of the molecule is FC(F)(F)Oc1ccc(Nc2ccc3cccc(Cl)c3n2)cc1.O=C(O)CC(=O)O. The van der Waals surface area contributed by atoms with Crippen molar-refractivity contribution in [2.45, 2.75) is 12.8 Å². The number of hydrogen-bond acceptors (Lipinski definition) is 5. The van der Waals surface area contributed by atoms with E-state index in [9.17, 15) is 22.8 Å². The monoisotopic (exact) mass is 442 g/mol. The quantitative estimate of drug-likeness (QED) is 0.473. The number of aliphatic carboxylic acids is 2. The number of pyridine rings is 1. The summed E-state index contributed by atoms with van der Waals surface area (Å²) < 4.78 is 40.2. The normalized spacial score (nSPS) is 10.7. The van der Waals surface area contributed by atoms with Crippen LogP contribution in [0.2, 0.25) is 5.02 Å². The third-order valence-electron chi connectivity index (χ3n) is 3.33. The molecule has 0 amide bonds. The lowest BCUT2D eigenvalue weighted by Gasteiger charge is -2.10. The fraction of sp³-hybridized carbons (Fsp3) is 0.105. The molecule has 0 aliphatic rings. The molecule has 0 unspecified atom stereocenters. The lowest BCUT2D eigenvalue weighted by Crippen LogP contribution is -2.16. The van der Waals surface area contributed by atoms with Gasteiger partial charge in [0.15, 0.2) is 0 Å². The van der Waals surface area contributed by atoms with E-state index in [2.05, 4.69) is 15.0 Å². The lowest BCUT2D eigenvalue weighted by molar-refractivity contribution is -0.274. The summed E-state index contributed by atoms with van der Waals surface area (Å²) in [6.07, 6.45) is -5.51. The van der Waals surface area contributed by atoms with E-state index >= 15 is 0 Å². The molecular formula is C19H14ClF3N2O5. The van der Waals surface area contributed by atoms with Gasteiger partial charge in [-0.15, -0.1) is 13.2 Å². The Labute approximate surface area is 172 Å². The second kappa shape index (κ2) is 9.79. The number of halogens is 4. The second-order valence-corrected chi connectivity index (χ2v) is 6.08. The maximum Gasteiger partial charge on any atom is 0.573 e. The van der Waals surface area contributed by atoms with Gasteiger partial charge in [0.05, 0.1) is 10.5 Å². The van der Waals surface area contributed by atoms with Crippen LogP contribution in [-0.4, -0.2) is 33.5 Å². The summed E-state index contributed by atoms with van der Waals surface area (Å²) in [6.45, 7) is 0. The largest absolute Gasteiger partial charge is 0.573 e. The number of nitrogens with one attached hydrogen (secondary N) is 1. The summed E-state index contributed by atoms with van der Waals surface area (Å²) in [7, 11) is 0. The number of anilines is 2. The van der Waals surface area contributed by atoms with Crippen molar-refractivity contribution in [1.82, 2.24) is 4.98 Å². The molecule has 0 saturated heterocycles. The minimum atomic E-state index is -4.70. The molecule has 30 heavy (non-hydrogen) atoms. The molecule has 0 radical (unpaired) electrons. The third-order valence-corrected chi connectivity index (χ3v) is 3.64. The standard InChI is InChI=1S/C16H10ClF3N2O.C3H4O4/c17-13-3-1-2-10-4-9-14(22-15(10)13)21-11-5-7-12(8-6-11)23-16(18,19)20;4-2(5)1-3(6)7/h1-9H,(H,21,22);1H2,(H,4,5)(H,6,7). The molecular weight excluding hydrogens is 429 g/mol. The fourth-order valence-electron chi connectivity index (χ4n) is 2.20. The van der Waals surface area contributed by atoms with Gasteiger partial charge in [0.25, 0.3) is 0 Å². The third kappa shape index (κ3) is 7.47. The molecule has 0 aliphatic heterocycles. The molecule has 0 aliphatic carbocycles. The molecule has 0 bridgehead atoms. The molecule has 1 heterocycles. The van der Waals surface area contributed by atoms with Crippen LogP contribution in [0.25, 0.3) is 10.9 Å². The highest BCUT2D eigenvalue weighted by Crippen LogP contribution is 2.27. The van der Waals surface area contributed by atoms with E-state index in [0.717, 1.165) is 5.39 Å². The van der Waals surface area contributed by atoms with E-state index in [1.54, 1.807) is 12.1 Å². The van der Waals surface area contributed by atoms with E-state index in [1.807, 2.05) is 18.2 Å². The molecule has 7 nitrogen and oxygen atoms in total. The molecule has 3 aromatic rings. The van der Waals surface area contributed by atoms with Crippen molar-refractivity contribution in [3.05, 3.63) is 59.6 Å². The van der Waals surface area contributed by atoms with Crippen LogP contribution in [0.4, 0.5) is 24.7 Å². The highest BCUT2D eigenvalue weighted by molar-refractivity contribution is 6.35. The van der Waals surface area contributed by atoms with Crippen molar-refractivity contribution in [3.8, 4) is 5.75 Å². The number of carbonyl (C=O) groups is 2. The average Bonchev–Trinajstić information content (AvgIpc) is 2.62. The first-order chi connectivity index (χ1) is 14.0. The first kappa shape index (κ1) is 22.8. The highest BCUT2D eigenvalue weighted by Gasteiger charge is 2.30. The number of nitrogens with zero attached hydrogens (tertiary/aromatic N) is 1. The van der Waals surface area contributed by atoms with Crippen LogP contribution in [0, 0.1) is 0 Å². The first-order valence-corrected chi connectivity index (χ1v) is 8.53. The number of ether oxygens (including phenoxy) is 1. The minimum Gasteiger partial charge on any atom is -0.481 e. The molecule has 0 atom stereocenters. The van der Waals surface area contributed by atoms with Crippen LogP contribution in [0.3, 0.4) is 0 Å². The number of benzene rings is 2. The molecule has 11 heteroatoms. The number of carboxylic acid groups (broad SMARTS) is 2. The molecule has 0 fully saturated rings. The van der Waals surface area contributed by atoms with Crippen molar-refractivity contribution in [2.75, 3.05) is 5.32 Å². The lowest BCUT2D eigenvalue weighted by atomic mass is 10.2. The van der Waals surface area contributed by atoms with Crippen LogP contribution < -0.4 is 10.1 Å². The molecule has 2 aromatic carbocycles. The van der Waals surface area contributed by atoms with E-state index in [-0.39, 0.29) is 5.75 Å². The minimum absolute atomic E-state index is 0.280. The van der Waals surface area contributed by atoms with Gasteiger partial charge in [-0.2, -0.15) is 0 Å². The summed E-state index contributed by atoms with van der Waals surface area (Å²) in [5.74, 6) is -2.37. The van der Waals surface area contributed by atoms with Gasteiger partial charge in [-0.25, -0.2) is 4.98 Å². The highest BCUT2D eigenvalue weighted by atomic mass is 35.5. The summed E-state index contributed by atoms with van der Waals surface area (Å²) in [4.78, 5) is 23.3. The van der Waals surface area contributed by atoms with Gasteiger partial charge in [-0.05, 0) is 42.5 Å². The second-order valence-electron chi connectivity index (χ2n) is 5.67. The van der Waals surface area contributed by atoms with Crippen LogP contribution in [0.1, 0.15) is 6.42 Å². The first-order valence-electron chi connectivity index (χ1n) is 8.15. The van der Waals surface area contributed by atoms with Gasteiger partial charge in [-0.1, -0.05) is 23.7 Å². The predicted molar refractivity (Wildman–Crippen MR) is 103 cm³/mol. The van der Waals surface area contributed by atoms with Gasteiger partial charge in [-0.3, -0.25) is 9.59 Å². The summed E-state index contributed by atoms with van der Waals surface area (Å²) >= 11 is 6.10.